The molecule has 0 aromatic rings. The minimum atomic E-state index is -0.748. The zero-order valence-electron chi connectivity index (χ0n) is 48.6. The smallest absolute Gasteiger partial charge is 0.222 e. The van der Waals surface area contributed by atoms with Crippen LogP contribution in [0.25, 0.3) is 0 Å². The largest absolute Gasteiger partial charge is 0.394 e. The molecule has 5 heteroatoms. The Bertz CT molecular complexity index is 1020. The first-order valence-electron chi connectivity index (χ1n) is 33.0. The lowest BCUT2D eigenvalue weighted by atomic mass is 10.0. The first-order valence-corrected chi connectivity index (χ1v) is 33.0. The van der Waals surface area contributed by atoms with Gasteiger partial charge < -0.3 is 20.6 Å². The fourth-order valence-corrected chi connectivity index (χ4v) is 10.8. The average Bonchev–Trinajstić information content (AvgIpc) is 3.37. The third-order valence-electron chi connectivity index (χ3n) is 15.8. The van der Waals surface area contributed by atoms with Crippen molar-refractivity contribution in [2.75, 3.05) is 6.61 Å². The highest BCUT2D eigenvalue weighted by Gasteiger charge is 2.21. The van der Waals surface area contributed by atoms with Gasteiger partial charge in [0.25, 0.3) is 0 Å². The first kappa shape index (κ1) is 70.1. The molecule has 0 heterocycles. The van der Waals surface area contributed by atoms with Crippen molar-refractivity contribution in [3.8, 4) is 0 Å². The lowest BCUT2D eigenvalue weighted by Crippen LogP contribution is -2.46. The van der Waals surface area contributed by atoms with Crippen LogP contribution in [0.4, 0.5) is 0 Å². The summed E-state index contributed by atoms with van der Waals surface area (Å²) in [6.45, 7) is 4.31. The Morgan fingerprint density at radius 1 is 0.338 bits per heavy atom. The molecule has 1 amide bonds. The summed E-state index contributed by atoms with van der Waals surface area (Å²) in [5.74, 6) is -0.275. The lowest BCUT2D eigenvalue weighted by Gasteiger charge is -2.23. The minimum absolute atomic E-state index is 0.0414. The van der Waals surface area contributed by atoms with E-state index in [0.29, 0.717) is 12.8 Å². The Kier molecular flexibility index (Phi) is 60.8. The van der Waals surface area contributed by atoms with E-state index in [1.165, 1.54) is 321 Å². The third-order valence-corrected chi connectivity index (χ3v) is 15.8. The Hall–Kier alpha value is -0.910. The van der Waals surface area contributed by atoms with Gasteiger partial charge in [-0.05, 0) is 38.5 Å². The normalized spacial score (nSPS) is 13.1. The predicted octanol–water partition coefficient (Wildman–Crippen LogP) is 21.0. The van der Waals surface area contributed by atoms with Crippen molar-refractivity contribution in [1.29, 1.82) is 0 Å². The number of nitrogens with one attached hydrogen (secondary N) is 1. The molecule has 424 valence electrons. The molecule has 0 radical (unpaired) electrons. The number of aliphatic hydroxyl groups excluding tert-OH is 3. The van der Waals surface area contributed by atoms with Crippen LogP contribution in [-0.2, 0) is 4.79 Å². The highest BCUT2D eigenvalue weighted by molar-refractivity contribution is 5.76. The van der Waals surface area contributed by atoms with Crippen LogP contribution < -0.4 is 5.32 Å². The topological polar surface area (TPSA) is 89.8 Å². The van der Waals surface area contributed by atoms with Gasteiger partial charge in [0.05, 0.1) is 31.3 Å². The quantitative estimate of drug-likeness (QED) is 0.0361. The van der Waals surface area contributed by atoms with E-state index in [9.17, 15) is 20.1 Å². The maximum absolute atomic E-state index is 12.6. The second kappa shape index (κ2) is 61.6. The number of unbranched alkanes of at least 4 members (excludes halogenated alkanes) is 51. The summed E-state index contributed by atoms with van der Waals surface area (Å²) in [6, 6.07) is -0.657. The molecule has 0 bridgehead atoms. The predicted molar refractivity (Wildman–Crippen MR) is 315 cm³/mol. The number of rotatable bonds is 62. The molecule has 0 saturated carbocycles. The maximum atomic E-state index is 12.6. The van der Waals surface area contributed by atoms with E-state index < -0.39 is 18.2 Å². The van der Waals surface area contributed by atoms with Crippen LogP contribution in [0.15, 0.2) is 12.2 Å². The molecule has 0 aromatic heterocycles. The van der Waals surface area contributed by atoms with Gasteiger partial charge in [-0.2, -0.15) is 0 Å². The minimum Gasteiger partial charge on any atom is -0.394 e. The van der Waals surface area contributed by atoms with Crippen molar-refractivity contribution in [3.63, 3.8) is 0 Å². The number of allylic oxidation sites excluding steroid dienone is 2. The van der Waals surface area contributed by atoms with Gasteiger partial charge in [-0.15, -0.1) is 0 Å². The van der Waals surface area contributed by atoms with Crippen molar-refractivity contribution in [3.05, 3.63) is 12.2 Å². The highest BCUT2D eigenvalue weighted by atomic mass is 16.3. The van der Waals surface area contributed by atoms with Crippen molar-refractivity contribution in [2.45, 2.75) is 398 Å². The van der Waals surface area contributed by atoms with Gasteiger partial charge in [-0.3, -0.25) is 4.79 Å². The van der Waals surface area contributed by atoms with Crippen molar-refractivity contribution < 1.29 is 20.1 Å². The van der Waals surface area contributed by atoms with Gasteiger partial charge in [-0.1, -0.05) is 347 Å². The lowest BCUT2D eigenvalue weighted by molar-refractivity contribution is -0.125. The summed E-state index contributed by atoms with van der Waals surface area (Å²) < 4.78 is 0. The third kappa shape index (κ3) is 58.2. The summed E-state index contributed by atoms with van der Waals surface area (Å²) in [5, 5.41) is 33.7. The number of carbonyl (C=O) groups excluding carboxylic acids is 1. The molecule has 5 nitrogen and oxygen atoms in total. The summed E-state index contributed by atoms with van der Waals surface area (Å²) in [5.41, 5.74) is 0. The molecule has 4 N–H and O–H groups in total. The van der Waals surface area contributed by atoms with E-state index in [-0.39, 0.29) is 18.9 Å². The molecule has 3 unspecified atom stereocenters. The van der Waals surface area contributed by atoms with Gasteiger partial charge >= 0.3 is 0 Å². The number of hydrogen-bond acceptors (Lipinski definition) is 4. The molecule has 0 aromatic carbocycles. The SMILES string of the molecule is CCCCCCCCCCCCCCCCCCCC/C=C\CCCCCCCCCCCCCCCCCC(O)CC(=O)NC(CO)C(O)CCCCCCCCCCCCCCCCCCCCC. The fraction of sp³-hybridized carbons (Fsp3) is 0.955. The zero-order chi connectivity index (χ0) is 51.4. The molecule has 71 heavy (non-hydrogen) atoms. The van der Waals surface area contributed by atoms with Gasteiger partial charge in [0, 0.05) is 0 Å². The highest BCUT2D eigenvalue weighted by Crippen LogP contribution is 2.19. The molecular weight excluding hydrogens is 871 g/mol. The molecule has 0 rings (SSSR count). The van der Waals surface area contributed by atoms with Crippen molar-refractivity contribution in [1.82, 2.24) is 5.32 Å². The molecule has 0 aliphatic rings. The Morgan fingerprint density at radius 3 is 0.817 bits per heavy atom. The van der Waals surface area contributed by atoms with Gasteiger partial charge in [0.1, 0.15) is 0 Å². The summed E-state index contributed by atoms with van der Waals surface area (Å²) in [6.07, 6.45) is 78.5. The Labute approximate surface area is 446 Å². The maximum Gasteiger partial charge on any atom is 0.222 e. The van der Waals surface area contributed by atoms with Crippen LogP contribution in [0.1, 0.15) is 380 Å². The van der Waals surface area contributed by atoms with Crippen molar-refractivity contribution in [2.24, 2.45) is 0 Å². The van der Waals surface area contributed by atoms with Crippen LogP contribution in [0.5, 0.6) is 0 Å². The van der Waals surface area contributed by atoms with Crippen LogP contribution in [0.3, 0.4) is 0 Å². The number of carbonyl (C=O) groups is 1. The van der Waals surface area contributed by atoms with Crippen LogP contribution >= 0.6 is 0 Å². The van der Waals surface area contributed by atoms with Crippen LogP contribution in [-0.4, -0.2) is 46.1 Å². The summed E-state index contributed by atoms with van der Waals surface area (Å²) in [4.78, 5) is 12.6. The van der Waals surface area contributed by atoms with E-state index in [1.807, 2.05) is 0 Å². The summed E-state index contributed by atoms with van der Waals surface area (Å²) in [7, 11) is 0. The Balaban J connectivity index is 3.43. The van der Waals surface area contributed by atoms with Crippen molar-refractivity contribution >= 4 is 5.91 Å². The number of amides is 1. The fourth-order valence-electron chi connectivity index (χ4n) is 10.8. The number of hydrogen-bond donors (Lipinski definition) is 4. The Morgan fingerprint density at radius 2 is 0.563 bits per heavy atom. The van der Waals surface area contributed by atoms with Gasteiger partial charge in [0.15, 0.2) is 0 Å². The molecule has 0 fully saturated rings. The zero-order valence-corrected chi connectivity index (χ0v) is 48.6. The van der Waals surface area contributed by atoms with E-state index in [4.69, 9.17) is 0 Å². The standard InChI is InChI=1S/C66H131NO4/c1-3-5-7-9-11-13-15-17-19-21-23-24-25-26-27-28-29-30-31-32-33-34-35-36-37-38-39-40-42-43-45-47-49-51-53-55-57-59-63(69)61-66(71)67-64(62-68)65(70)60-58-56-54-52-50-48-46-44-41-22-20-18-16-14-12-10-8-6-4-2/h32-33,63-65,68-70H,3-31,34-62H2,1-2H3,(H,67,71)/b33-32-. The van der Waals surface area contributed by atoms with E-state index in [2.05, 4.69) is 31.3 Å². The first-order chi connectivity index (χ1) is 35.0. The van der Waals surface area contributed by atoms with Gasteiger partial charge in [0.2, 0.25) is 5.91 Å². The average molecular weight is 1000 g/mol. The molecular formula is C66H131NO4. The molecule has 0 aliphatic carbocycles. The van der Waals surface area contributed by atoms with Crippen LogP contribution in [0.2, 0.25) is 0 Å². The second-order valence-corrected chi connectivity index (χ2v) is 23.1. The van der Waals surface area contributed by atoms with Gasteiger partial charge in [-0.25, -0.2) is 0 Å². The monoisotopic (exact) mass is 1000 g/mol. The number of aliphatic hydroxyl groups is 3. The molecule has 0 spiro atoms. The summed E-state index contributed by atoms with van der Waals surface area (Å²) >= 11 is 0. The van der Waals surface area contributed by atoms with E-state index in [1.54, 1.807) is 0 Å². The molecule has 0 saturated heterocycles. The molecule has 0 aliphatic heterocycles. The van der Waals surface area contributed by atoms with E-state index in [0.717, 1.165) is 25.7 Å². The molecule has 3 atom stereocenters. The second-order valence-electron chi connectivity index (χ2n) is 23.1. The van der Waals surface area contributed by atoms with E-state index >= 15 is 0 Å². The van der Waals surface area contributed by atoms with Crippen LogP contribution in [0, 0.1) is 0 Å².